The molecule has 1 unspecified atom stereocenters. The number of halogens is 5. The van der Waals surface area contributed by atoms with Crippen molar-refractivity contribution < 1.29 is 27.1 Å². The molecule has 10 heteroatoms. The van der Waals surface area contributed by atoms with Crippen LogP contribution in [-0.4, -0.2) is 22.5 Å². The molecule has 2 saturated heterocycles. The van der Waals surface area contributed by atoms with Gasteiger partial charge in [-0.15, -0.1) is 0 Å². The lowest BCUT2D eigenvalue weighted by Gasteiger charge is -2.62. The van der Waals surface area contributed by atoms with Gasteiger partial charge in [-0.1, -0.05) is 28.1 Å². The van der Waals surface area contributed by atoms with Crippen LogP contribution in [0.3, 0.4) is 0 Å². The lowest BCUT2D eigenvalue weighted by Crippen LogP contribution is -2.68. The molecule has 1 atom stereocenters. The fraction of sp³-hybridized carbons (Fsp3) is 0.560. The van der Waals surface area contributed by atoms with Crippen molar-refractivity contribution in [3.05, 3.63) is 58.1 Å². The van der Waals surface area contributed by atoms with Crippen molar-refractivity contribution in [1.29, 1.82) is 0 Å². The normalized spacial score (nSPS) is 34.9. The van der Waals surface area contributed by atoms with Gasteiger partial charge in [-0.05, 0) is 63.0 Å². The average Bonchev–Trinajstić information content (AvgIpc) is 2.77. The summed E-state index contributed by atoms with van der Waals surface area (Å²) < 4.78 is 63.0. The van der Waals surface area contributed by atoms with Gasteiger partial charge in [0, 0.05) is 28.0 Å². The summed E-state index contributed by atoms with van der Waals surface area (Å²) in [5.41, 5.74) is -1.48. The molecule has 186 valence electrons. The van der Waals surface area contributed by atoms with E-state index in [2.05, 4.69) is 31.2 Å². The third-order valence-corrected chi connectivity index (χ3v) is 9.32. The molecule has 1 N–H and O–H groups in total. The summed E-state index contributed by atoms with van der Waals surface area (Å²) in [6.07, 6.45) is 1.72. The van der Waals surface area contributed by atoms with Crippen molar-refractivity contribution in [3.63, 3.8) is 0 Å². The van der Waals surface area contributed by atoms with Gasteiger partial charge in [0.25, 0.3) is 0 Å². The highest BCUT2D eigenvalue weighted by atomic mass is 79.9. The number of rotatable bonds is 5. The van der Waals surface area contributed by atoms with Crippen molar-refractivity contribution in [3.8, 4) is 0 Å². The van der Waals surface area contributed by atoms with E-state index in [1.54, 1.807) is 24.3 Å². The largest absolute Gasteiger partial charge is 0.451 e. The molecule has 1 aromatic heterocycles. The Bertz CT molecular complexity index is 1150. The number of carbonyl (C=O) groups is 1. The summed E-state index contributed by atoms with van der Waals surface area (Å²) in [5.74, 6) is -3.01. The van der Waals surface area contributed by atoms with Crippen LogP contribution >= 0.6 is 15.9 Å². The highest BCUT2D eigenvalue weighted by Gasteiger charge is 2.66. The number of fused-ring (bicyclic) bond motifs is 3. The first-order valence-corrected chi connectivity index (χ1v) is 12.6. The maximum Gasteiger partial charge on any atom is 0.451 e. The highest BCUT2D eigenvalue weighted by Crippen LogP contribution is 2.66. The number of nitrogens with one attached hydrogen (secondary N) is 1. The van der Waals surface area contributed by atoms with Crippen LogP contribution in [0.25, 0.3) is 0 Å². The number of alkyl halides is 4. The third kappa shape index (κ3) is 3.38. The summed E-state index contributed by atoms with van der Waals surface area (Å²) in [4.78, 5) is 20.2. The Morgan fingerprint density at radius 1 is 1.06 bits per heavy atom. The molecule has 4 saturated carbocycles. The quantitative estimate of drug-likeness (QED) is 0.376. The van der Waals surface area contributed by atoms with E-state index in [1.165, 1.54) is 0 Å². The Morgan fingerprint density at radius 2 is 1.71 bits per heavy atom. The second-order valence-corrected chi connectivity index (χ2v) is 11.7. The molecule has 2 aromatic rings. The molecule has 4 bridgehead atoms. The van der Waals surface area contributed by atoms with E-state index in [-0.39, 0.29) is 12.5 Å². The summed E-state index contributed by atoms with van der Waals surface area (Å²) in [6, 6.07) is 6.92. The number of hydrogen-bond donors (Lipinski definition) is 1. The van der Waals surface area contributed by atoms with E-state index < -0.39 is 34.2 Å². The minimum Gasteiger partial charge on any atom is -0.369 e. The van der Waals surface area contributed by atoms with Crippen LogP contribution in [0.15, 0.2) is 41.1 Å². The highest BCUT2D eigenvalue weighted by molar-refractivity contribution is 9.10. The monoisotopic (exact) mass is 553 g/mol. The zero-order valence-electron chi connectivity index (χ0n) is 18.8. The Labute approximate surface area is 208 Å². The van der Waals surface area contributed by atoms with Crippen molar-refractivity contribution in [2.24, 2.45) is 16.7 Å². The van der Waals surface area contributed by atoms with Crippen LogP contribution in [0.1, 0.15) is 61.9 Å². The van der Waals surface area contributed by atoms with E-state index in [0.717, 1.165) is 31.7 Å². The molecule has 3 heterocycles. The Hall–Kier alpha value is -2.07. The van der Waals surface area contributed by atoms with Gasteiger partial charge in [0.15, 0.2) is 0 Å². The first-order valence-electron chi connectivity index (χ1n) is 11.8. The van der Waals surface area contributed by atoms with E-state index in [1.807, 2.05) is 0 Å². The fourth-order valence-electron chi connectivity index (χ4n) is 6.48. The first kappa shape index (κ1) is 23.3. The first-order chi connectivity index (χ1) is 16.5. The van der Waals surface area contributed by atoms with Crippen LogP contribution < -0.4 is 5.32 Å². The molecular formula is C25H24BrF4N3O2. The summed E-state index contributed by atoms with van der Waals surface area (Å²) in [5, 5.41) is 2.82. The molecular weight excluding hydrogens is 530 g/mol. The second-order valence-electron chi connectivity index (χ2n) is 10.7. The van der Waals surface area contributed by atoms with Gasteiger partial charge < -0.3 is 10.1 Å². The lowest BCUT2D eigenvalue weighted by atomic mass is 9.44. The van der Waals surface area contributed by atoms with Crippen LogP contribution in [0, 0.1) is 16.7 Å². The van der Waals surface area contributed by atoms with E-state index in [0.29, 0.717) is 47.2 Å². The Kier molecular flexibility index (Phi) is 4.98. The van der Waals surface area contributed by atoms with Gasteiger partial charge in [0.2, 0.25) is 17.5 Å². The minimum absolute atomic E-state index is 0.0208. The van der Waals surface area contributed by atoms with Gasteiger partial charge >= 0.3 is 6.18 Å². The minimum atomic E-state index is -4.62. The number of carbonyl (C=O) groups excluding carboxylic acids is 1. The number of nitrogens with zero attached hydrogens (tertiary/aromatic N) is 2. The topological polar surface area (TPSA) is 64.1 Å². The lowest BCUT2D eigenvalue weighted by molar-refractivity contribution is -0.244. The van der Waals surface area contributed by atoms with Crippen LogP contribution in [0.5, 0.6) is 0 Å². The number of benzene rings is 1. The standard InChI is InChI=1S/C25H24BrF4N3O2/c26-18-3-1-2-16(8-18)24(27,33-20(34)21-9-15(10-21)11-21)22-4-6-23(7-5-22,35-14-22)17-12-31-19(32-13-17)25(28,29)30/h1-3,8,12-13,15H,4-7,9-11,14H2,(H,33,34). The summed E-state index contributed by atoms with van der Waals surface area (Å²) >= 11 is 3.42. The zero-order chi connectivity index (χ0) is 24.7. The van der Waals surface area contributed by atoms with Gasteiger partial charge in [-0.2, -0.15) is 13.2 Å². The van der Waals surface area contributed by atoms with E-state index in [4.69, 9.17) is 4.74 Å². The van der Waals surface area contributed by atoms with Gasteiger partial charge in [0.1, 0.15) is 0 Å². The number of aromatic nitrogens is 2. The van der Waals surface area contributed by atoms with Crippen LogP contribution in [0.2, 0.25) is 0 Å². The molecule has 6 fully saturated rings. The van der Waals surface area contributed by atoms with E-state index >= 15 is 4.39 Å². The molecule has 8 rings (SSSR count). The molecule has 2 aliphatic heterocycles. The summed E-state index contributed by atoms with van der Waals surface area (Å²) in [7, 11) is 0. The van der Waals surface area contributed by atoms with Gasteiger partial charge in [-0.3, -0.25) is 4.79 Å². The molecule has 6 aliphatic rings. The summed E-state index contributed by atoms with van der Waals surface area (Å²) in [6.45, 7) is 0.0208. The van der Waals surface area contributed by atoms with Crippen LogP contribution in [-0.2, 0) is 27.1 Å². The predicted molar refractivity (Wildman–Crippen MR) is 120 cm³/mol. The Balaban J connectivity index is 1.30. The van der Waals surface area contributed by atoms with Crippen molar-refractivity contribution in [1.82, 2.24) is 15.3 Å². The predicted octanol–water partition coefficient (Wildman–Crippen LogP) is 5.78. The average molecular weight is 554 g/mol. The second kappa shape index (κ2) is 7.47. The molecule has 1 aromatic carbocycles. The molecule has 1 amide bonds. The number of ether oxygens (including phenoxy) is 1. The smallest absolute Gasteiger partial charge is 0.369 e. The van der Waals surface area contributed by atoms with Crippen molar-refractivity contribution in [2.75, 3.05) is 6.61 Å². The SMILES string of the molecule is O=C(NC(F)(c1cccc(Br)c1)C12CCC(c3cnc(C(F)(F)F)nc3)(CC1)OC2)C12CC(C1)C2. The molecule has 5 nitrogen and oxygen atoms in total. The zero-order valence-corrected chi connectivity index (χ0v) is 20.4. The maximum atomic E-state index is 17.4. The molecule has 0 radical (unpaired) electrons. The molecule has 0 spiro atoms. The number of amides is 1. The molecule has 35 heavy (non-hydrogen) atoms. The fourth-order valence-corrected chi connectivity index (χ4v) is 6.88. The van der Waals surface area contributed by atoms with E-state index in [9.17, 15) is 18.0 Å². The van der Waals surface area contributed by atoms with Crippen molar-refractivity contribution in [2.45, 2.75) is 62.5 Å². The maximum absolute atomic E-state index is 17.4. The van der Waals surface area contributed by atoms with Gasteiger partial charge in [-0.25, -0.2) is 14.4 Å². The van der Waals surface area contributed by atoms with Crippen LogP contribution in [0.4, 0.5) is 17.6 Å². The Morgan fingerprint density at radius 3 is 2.20 bits per heavy atom. The third-order valence-electron chi connectivity index (χ3n) is 8.83. The van der Waals surface area contributed by atoms with Crippen molar-refractivity contribution >= 4 is 21.8 Å². The number of hydrogen-bond acceptors (Lipinski definition) is 4. The molecule has 4 aliphatic carbocycles. The van der Waals surface area contributed by atoms with Gasteiger partial charge in [0.05, 0.1) is 23.0 Å².